The van der Waals surface area contributed by atoms with Gasteiger partial charge >= 0.3 is 0 Å². The first-order chi connectivity index (χ1) is 24.2. The number of benzene rings is 6. The summed E-state index contributed by atoms with van der Waals surface area (Å²) in [6, 6.07) is 55.6. The van der Waals surface area contributed by atoms with Gasteiger partial charge in [0.1, 0.15) is 0 Å². The molecule has 5 aliphatic rings. The Morgan fingerprint density at radius 2 is 1.08 bits per heavy atom. The topological polar surface area (TPSA) is 27.0 Å². The Morgan fingerprint density at radius 3 is 1.71 bits per heavy atom. The van der Waals surface area contributed by atoms with E-state index in [4.69, 9.17) is 0 Å². The molecular formula is C47H38N2. The smallest absolute Gasteiger partial charge is 0.0991 e. The maximum atomic E-state index is 9.62. The fraction of sp³-hybridized carbons (Fsp3) is 0.213. The molecule has 0 saturated heterocycles. The summed E-state index contributed by atoms with van der Waals surface area (Å²) < 4.78 is 0. The van der Waals surface area contributed by atoms with Crippen LogP contribution in [0.25, 0.3) is 33.4 Å². The third kappa shape index (κ3) is 4.32. The first kappa shape index (κ1) is 28.6. The maximum Gasteiger partial charge on any atom is 0.0991 e. The van der Waals surface area contributed by atoms with E-state index in [2.05, 4.69) is 144 Å². The van der Waals surface area contributed by atoms with E-state index in [1.165, 1.54) is 76.7 Å². The van der Waals surface area contributed by atoms with Gasteiger partial charge in [0.15, 0.2) is 0 Å². The van der Waals surface area contributed by atoms with Crippen LogP contribution in [0.4, 0.5) is 17.1 Å². The van der Waals surface area contributed by atoms with Crippen LogP contribution in [-0.4, -0.2) is 0 Å². The first-order valence-electron chi connectivity index (χ1n) is 18.0. The lowest BCUT2D eigenvalue weighted by molar-refractivity contribution is -0.0399. The van der Waals surface area contributed by atoms with Crippen molar-refractivity contribution < 1.29 is 0 Å². The maximum absolute atomic E-state index is 9.62. The van der Waals surface area contributed by atoms with Crippen LogP contribution in [0.3, 0.4) is 0 Å². The Morgan fingerprint density at radius 1 is 0.490 bits per heavy atom. The second kappa shape index (κ2) is 11.1. The molecule has 6 aromatic rings. The third-order valence-electron chi connectivity index (χ3n) is 12.4. The lowest BCUT2D eigenvalue weighted by atomic mass is 9.43. The van der Waals surface area contributed by atoms with E-state index < -0.39 is 0 Å². The van der Waals surface area contributed by atoms with Gasteiger partial charge < -0.3 is 4.90 Å². The summed E-state index contributed by atoms with van der Waals surface area (Å²) in [5, 5.41) is 9.62. The van der Waals surface area contributed by atoms with Crippen LogP contribution in [0.2, 0.25) is 0 Å². The molecule has 4 saturated carbocycles. The molecular weight excluding hydrogens is 593 g/mol. The molecule has 0 aromatic heterocycles. The van der Waals surface area contributed by atoms with Gasteiger partial charge in [-0.2, -0.15) is 5.26 Å². The number of fused-ring (bicyclic) bond motifs is 3. The number of hydrogen-bond acceptors (Lipinski definition) is 2. The lowest BCUT2D eigenvalue weighted by Gasteiger charge is -2.61. The van der Waals surface area contributed by atoms with Crippen molar-refractivity contribution in [1.82, 2.24) is 0 Å². The third-order valence-corrected chi connectivity index (χ3v) is 12.4. The van der Waals surface area contributed by atoms with Crippen LogP contribution in [0.1, 0.15) is 48.8 Å². The van der Waals surface area contributed by atoms with Crippen molar-refractivity contribution in [3.8, 4) is 39.4 Å². The first-order valence-corrected chi connectivity index (χ1v) is 18.0. The largest absolute Gasteiger partial charge is 0.310 e. The zero-order valence-electron chi connectivity index (χ0n) is 27.6. The average Bonchev–Trinajstić information content (AvgIpc) is 3.45. The lowest BCUT2D eigenvalue weighted by Crippen LogP contribution is -2.55. The molecule has 0 amide bonds. The molecule has 4 fully saturated rings. The minimum Gasteiger partial charge on any atom is -0.310 e. The molecule has 0 aliphatic heterocycles. The Bertz CT molecular complexity index is 2200. The predicted molar refractivity (Wildman–Crippen MR) is 200 cm³/mol. The van der Waals surface area contributed by atoms with Gasteiger partial charge in [-0.15, -0.1) is 0 Å². The van der Waals surface area contributed by atoms with Gasteiger partial charge in [0.25, 0.3) is 0 Å². The Balaban J connectivity index is 1.28. The van der Waals surface area contributed by atoms with Gasteiger partial charge in [0.05, 0.1) is 11.6 Å². The summed E-state index contributed by atoms with van der Waals surface area (Å²) in [6.07, 6.45) is 6.78. The highest BCUT2D eigenvalue weighted by Crippen LogP contribution is 2.70. The highest BCUT2D eigenvalue weighted by molar-refractivity contribution is 5.97. The molecule has 11 rings (SSSR count). The van der Waals surface area contributed by atoms with E-state index in [0.717, 1.165) is 23.2 Å². The Labute approximate surface area is 289 Å². The van der Waals surface area contributed by atoms with E-state index in [0.29, 0.717) is 17.4 Å². The van der Waals surface area contributed by atoms with Gasteiger partial charge in [-0.3, -0.25) is 0 Å². The molecule has 1 spiro atoms. The van der Waals surface area contributed by atoms with Crippen LogP contribution in [0.5, 0.6) is 0 Å². The van der Waals surface area contributed by atoms with E-state index in [9.17, 15) is 5.26 Å². The molecule has 2 nitrogen and oxygen atoms in total. The van der Waals surface area contributed by atoms with Crippen molar-refractivity contribution in [3.63, 3.8) is 0 Å². The normalized spacial score (nSPS) is 24.0. The van der Waals surface area contributed by atoms with Gasteiger partial charge in [-0.05, 0) is 155 Å². The van der Waals surface area contributed by atoms with Crippen LogP contribution in [0.15, 0.2) is 146 Å². The van der Waals surface area contributed by atoms with Gasteiger partial charge in [-0.25, -0.2) is 0 Å². The van der Waals surface area contributed by atoms with Crippen molar-refractivity contribution in [2.24, 2.45) is 23.7 Å². The van der Waals surface area contributed by atoms with Gasteiger partial charge in [0.2, 0.25) is 0 Å². The molecule has 49 heavy (non-hydrogen) atoms. The molecule has 5 aliphatic carbocycles. The molecule has 0 N–H and O–H groups in total. The average molecular weight is 631 g/mol. The second-order valence-corrected chi connectivity index (χ2v) is 14.9. The summed E-state index contributed by atoms with van der Waals surface area (Å²) >= 11 is 0. The van der Waals surface area contributed by atoms with E-state index in [1.54, 1.807) is 5.56 Å². The fourth-order valence-corrected chi connectivity index (χ4v) is 10.8. The summed E-state index contributed by atoms with van der Waals surface area (Å²) in [7, 11) is 0. The predicted octanol–water partition coefficient (Wildman–Crippen LogP) is 12.1. The fourth-order valence-electron chi connectivity index (χ4n) is 10.8. The standard InChI is InChI=1S/C47H38N2/c48-30-31-16-19-40(20-17-31)49(39-14-8-3-9-15-39)41-28-43(35-12-6-2-7-13-35)46-42-21-18-36(34-10-4-1-5-11-34)27-44(42)47(45(46)29-41)37-23-32-22-33(25-37)26-38(47)24-32/h1-21,27-29,32-33,37-38H,22-26H2. The molecule has 4 bridgehead atoms. The van der Waals surface area contributed by atoms with Crippen LogP contribution in [0, 0.1) is 35.0 Å². The monoisotopic (exact) mass is 630 g/mol. The highest BCUT2D eigenvalue weighted by atomic mass is 15.1. The van der Waals surface area contributed by atoms with Gasteiger partial charge in [-0.1, -0.05) is 91.0 Å². The van der Waals surface area contributed by atoms with Crippen LogP contribution in [-0.2, 0) is 5.41 Å². The second-order valence-electron chi connectivity index (χ2n) is 14.9. The van der Waals surface area contributed by atoms with Crippen molar-refractivity contribution in [3.05, 3.63) is 162 Å². The minimum atomic E-state index is -0.00452. The molecule has 0 unspecified atom stereocenters. The van der Waals surface area contributed by atoms with E-state index in [1.807, 2.05) is 12.1 Å². The molecule has 0 atom stereocenters. The van der Waals surface area contributed by atoms with Crippen molar-refractivity contribution in [2.75, 3.05) is 4.90 Å². The summed E-state index contributed by atoms with van der Waals surface area (Å²) in [5.41, 5.74) is 15.2. The van der Waals surface area contributed by atoms with Crippen molar-refractivity contribution in [2.45, 2.75) is 37.5 Å². The number of nitriles is 1. The van der Waals surface area contributed by atoms with Crippen molar-refractivity contribution in [1.29, 1.82) is 5.26 Å². The number of hydrogen-bond donors (Lipinski definition) is 0. The summed E-state index contributed by atoms with van der Waals surface area (Å²) in [4.78, 5) is 2.40. The van der Waals surface area contributed by atoms with Crippen LogP contribution >= 0.6 is 0 Å². The van der Waals surface area contributed by atoms with E-state index in [-0.39, 0.29) is 5.41 Å². The van der Waals surface area contributed by atoms with E-state index >= 15 is 0 Å². The molecule has 0 radical (unpaired) electrons. The molecule has 0 heterocycles. The van der Waals surface area contributed by atoms with Gasteiger partial charge in [0, 0.05) is 22.5 Å². The zero-order valence-corrected chi connectivity index (χ0v) is 27.6. The number of nitrogens with zero attached hydrogens (tertiary/aromatic N) is 2. The Hall–Kier alpha value is -5.39. The minimum absolute atomic E-state index is 0.00452. The Kier molecular flexibility index (Phi) is 6.47. The SMILES string of the molecule is N#Cc1ccc(N(c2ccccc2)c2cc(-c3ccccc3)c3c(c2)C2(c4cc(-c5ccccc5)ccc4-3)C3CC4CC(C3)CC2C4)cc1. The molecule has 6 aromatic carbocycles. The van der Waals surface area contributed by atoms with Crippen molar-refractivity contribution >= 4 is 17.1 Å². The quantitative estimate of drug-likeness (QED) is 0.189. The summed E-state index contributed by atoms with van der Waals surface area (Å²) in [6.45, 7) is 0. The molecule has 2 heteroatoms. The highest BCUT2D eigenvalue weighted by Gasteiger charge is 2.62. The number of anilines is 3. The summed E-state index contributed by atoms with van der Waals surface area (Å²) in [5.74, 6) is 3.03. The molecule has 236 valence electrons. The number of rotatable bonds is 5. The van der Waals surface area contributed by atoms with Crippen LogP contribution < -0.4 is 4.90 Å². The zero-order chi connectivity index (χ0) is 32.5. The number of para-hydroxylation sites is 1.